The van der Waals surface area contributed by atoms with Gasteiger partial charge in [0.15, 0.2) is 0 Å². The molecule has 0 unspecified atom stereocenters. The van der Waals surface area contributed by atoms with Crippen molar-refractivity contribution in [2.75, 3.05) is 12.4 Å². The monoisotopic (exact) mass is 268 g/mol. The lowest BCUT2D eigenvalue weighted by molar-refractivity contribution is 0.200. The normalized spacial score (nSPS) is 11.9. The molecule has 1 aromatic carbocycles. The first-order valence-corrected chi connectivity index (χ1v) is 7.07. The first-order chi connectivity index (χ1) is 8.22. The van der Waals surface area contributed by atoms with Gasteiger partial charge in [-0.2, -0.15) is 5.26 Å². The number of nitrogens with zero attached hydrogens (tertiary/aromatic N) is 1. The molecule has 0 heterocycles. The minimum atomic E-state index is -3.53. The zero-order valence-electron chi connectivity index (χ0n) is 10.4. The van der Waals surface area contributed by atoms with Crippen LogP contribution >= 0.6 is 0 Å². The van der Waals surface area contributed by atoms with Gasteiger partial charge in [0.1, 0.15) is 5.75 Å². The lowest BCUT2D eigenvalue weighted by Gasteiger charge is -2.23. The summed E-state index contributed by atoms with van der Waals surface area (Å²) in [6.07, 6.45) is 0. The Hall–Kier alpha value is -1.58. The SMILES string of the molecule is CC(C)(COc1cccc(C#N)c1)CS(N)(=O)=O. The maximum absolute atomic E-state index is 11.0. The maximum Gasteiger partial charge on any atom is 0.209 e. The summed E-state index contributed by atoms with van der Waals surface area (Å²) >= 11 is 0. The Morgan fingerprint density at radius 1 is 1.44 bits per heavy atom. The first kappa shape index (κ1) is 14.5. The molecule has 0 fully saturated rings. The third-order valence-electron chi connectivity index (χ3n) is 2.18. The van der Waals surface area contributed by atoms with Gasteiger partial charge < -0.3 is 4.74 Å². The molecule has 0 radical (unpaired) electrons. The van der Waals surface area contributed by atoms with E-state index in [4.69, 9.17) is 15.1 Å². The second-order valence-electron chi connectivity index (χ2n) is 4.90. The van der Waals surface area contributed by atoms with Crippen molar-refractivity contribution in [1.82, 2.24) is 0 Å². The number of sulfonamides is 1. The molecular weight excluding hydrogens is 252 g/mol. The van der Waals surface area contributed by atoms with E-state index in [9.17, 15) is 8.42 Å². The molecule has 0 saturated heterocycles. The summed E-state index contributed by atoms with van der Waals surface area (Å²) in [6.45, 7) is 3.72. The molecular formula is C12H16N2O3S. The number of hydrogen-bond acceptors (Lipinski definition) is 4. The van der Waals surface area contributed by atoms with Crippen molar-refractivity contribution < 1.29 is 13.2 Å². The minimum absolute atomic E-state index is 0.155. The number of benzene rings is 1. The highest BCUT2D eigenvalue weighted by atomic mass is 32.2. The molecule has 0 spiro atoms. The van der Waals surface area contributed by atoms with Gasteiger partial charge in [-0.15, -0.1) is 0 Å². The standard InChI is InChI=1S/C12H16N2O3S/c1-12(2,9-18(14,15)16)8-17-11-5-3-4-10(6-11)7-13/h3-6H,8-9H2,1-2H3,(H2,14,15,16). The summed E-state index contributed by atoms with van der Waals surface area (Å²) in [5.41, 5.74) is -0.0901. The van der Waals surface area contributed by atoms with E-state index in [0.29, 0.717) is 11.3 Å². The fraction of sp³-hybridized carbons (Fsp3) is 0.417. The molecule has 18 heavy (non-hydrogen) atoms. The smallest absolute Gasteiger partial charge is 0.209 e. The van der Waals surface area contributed by atoms with Crippen LogP contribution in [0.4, 0.5) is 0 Å². The number of ether oxygens (including phenoxy) is 1. The van der Waals surface area contributed by atoms with E-state index in [1.165, 1.54) is 0 Å². The zero-order chi connectivity index (χ0) is 13.8. The first-order valence-electron chi connectivity index (χ1n) is 5.35. The molecule has 0 aliphatic rings. The van der Waals surface area contributed by atoms with Gasteiger partial charge in [0.05, 0.1) is 24.0 Å². The van der Waals surface area contributed by atoms with Gasteiger partial charge in [0.2, 0.25) is 10.0 Å². The number of nitriles is 1. The number of rotatable bonds is 5. The van der Waals surface area contributed by atoms with Crippen molar-refractivity contribution in [1.29, 1.82) is 5.26 Å². The Balaban J connectivity index is 2.67. The minimum Gasteiger partial charge on any atom is -0.493 e. The predicted octanol–water partition coefficient (Wildman–Crippen LogP) is 1.25. The van der Waals surface area contributed by atoms with Gasteiger partial charge in [-0.05, 0) is 18.2 Å². The summed E-state index contributed by atoms with van der Waals surface area (Å²) in [6, 6.07) is 8.71. The quantitative estimate of drug-likeness (QED) is 0.869. The molecule has 1 aromatic rings. The lowest BCUT2D eigenvalue weighted by atomic mass is 9.98. The molecule has 98 valence electrons. The van der Waals surface area contributed by atoms with E-state index < -0.39 is 15.4 Å². The van der Waals surface area contributed by atoms with Crippen LogP contribution in [-0.2, 0) is 10.0 Å². The van der Waals surface area contributed by atoms with E-state index in [1.807, 2.05) is 6.07 Å². The molecule has 0 aliphatic heterocycles. The van der Waals surface area contributed by atoms with Crippen molar-refractivity contribution in [3.05, 3.63) is 29.8 Å². The molecule has 2 N–H and O–H groups in total. The highest BCUT2D eigenvalue weighted by molar-refractivity contribution is 7.89. The summed E-state index contributed by atoms with van der Waals surface area (Å²) in [5, 5.41) is 13.8. The maximum atomic E-state index is 11.0. The summed E-state index contributed by atoms with van der Waals surface area (Å²) in [5.74, 6) is 0.384. The van der Waals surface area contributed by atoms with E-state index >= 15 is 0 Å². The Morgan fingerprint density at radius 3 is 2.67 bits per heavy atom. The van der Waals surface area contributed by atoms with Crippen LogP contribution < -0.4 is 9.88 Å². The van der Waals surface area contributed by atoms with Crippen molar-refractivity contribution in [2.24, 2.45) is 10.6 Å². The second-order valence-corrected chi connectivity index (χ2v) is 6.51. The Morgan fingerprint density at radius 2 is 2.11 bits per heavy atom. The van der Waals surface area contributed by atoms with Crippen LogP contribution in [0.2, 0.25) is 0 Å². The van der Waals surface area contributed by atoms with Gasteiger partial charge >= 0.3 is 0 Å². The highest BCUT2D eigenvalue weighted by Gasteiger charge is 2.25. The van der Waals surface area contributed by atoms with Gasteiger partial charge in [0, 0.05) is 5.41 Å². The van der Waals surface area contributed by atoms with Gasteiger partial charge in [-0.3, -0.25) is 0 Å². The lowest BCUT2D eigenvalue weighted by Crippen LogP contribution is -2.33. The van der Waals surface area contributed by atoms with E-state index in [-0.39, 0.29) is 12.4 Å². The molecule has 0 amide bonds. The van der Waals surface area contributed by atoms with Crippen LogP contribution in [0.3, 0.4) is 0 Å². The Labute approximate surface area is 107 Å². The molecule has 0 bridgehead atoms. The third kappa shape index (κ3) is 5.17. The van der Waals surface area contributed by atoms with E-state index in [1.54, 1.807) is 38.1 Å². The van der Waals surface area contributed by atoms with Gasteiger partial charge in [-0.1, -0.05) is 19.9 Å². The van der Waals surface area contributed by atoms with E-state index in [0.717, 1.165) is 0 Å². The van der Waals surface area contributed by atoms with E-state index in [2.05, 4.69) is 0 Å². The van der Waals surface area contributed by atoms with Crippen molar-refractivity contribution in [3.63, 3.8) is 0 Å². The topological polar surface area (TPSA) is 93.2 Å². The van der Waals surface area contributed by atoms with Crippen molar-refractivity contribution in [3.8, 4) is 11.8 Å². The molecule has 0 saturated carbocycles. The van der Waals surface area contributed by atoms with Crippen LogP contribution in [0, 0.1) is 16.7 Å². The molecule has 6 heteroatoms. The number of hydrogen-bond donors (Lipinski definition) is 1. The average Bonchev–Trinajstić information content (AvgIpc) is 2.24. The highest BCUT2D eigenvalue weighted by Crippen LogP contribution is 2.20. The van der Waals surface area contributed by atoms with Crippen molar-refractivity contribution in [2.45, 2.75) is 13.8 Å². The summed E-state index contributed by atoms with van der Waals surface area (Å²) in [4.78, 5) is 0. The number of nitrogens with two attached hydrogens (primary N) is 1. The van der Waals surface area contributed by atoms with Crippen LogP contribution in [0.25, 0.3) is 0 Å². The van der Waals surface area contributed by atoms with Gasteiger partial charge in [0.25, 0.3) is 0 Å². The van der Waals surface area contributed by atoms with Crippen LogP contribution in [0.1, 0.15) is 19.4 Å². The molecule has 0 aliphatic carbocycles. The molecule has 0 aromatic heterocycles. The molecule has 0 atom stereocenters. The van der Waals surface area contributed by atoms with Crippen LogP contribution in [0.15, 0.2) is 24.3 Å². The Bertz CT molecular complexity index is 559. The van der Waals surface area contributed by atoms with Crippen LogP contribution in [0.5, 0.6) is 5.75 Å². The van der Waals surface area contributed by atoms with Gasteiger partial charge in [-0.25, -0.2) is 13.6 Å². The second kappa shape index (κ2) is 5.38. The Kier molecular flexibility index (Phi) is 4.33. The molecule has 5 nitrogen and oxygen atoms in total. The number of primary sulfonamides is 1. The largest absolute Gasteiger partial charge is 0.493 e. The molecule has 1 rings (SSSR count). The third-order valence-corrected chi connectivity index (χ3v) is 3.37. The summed E-state index contributed by atoms with van der Waals surface area (Å²) in [7, 11) is -3.53. The zero-order valence-corrected chi connectivity index (χ0v) is 11.2. The summed E-state index contributed by atoms with van der Waals surface area (Å²) < 4.78 is 27.6. The predicted molar refractivity (Wildman–Crippen MR) is 68.4 cm³/mol. The van der Waals surface area contributed by atoms with Crippen molar-refractivity contribution >= 4 is 10.0 Å². The average molecular weight is 268 g/mol. The fourth-order valence-corrected chi connectivity index (χ4v) is 2.69. The fourth-order valence-electron chi connectivity index (χ4n) is 1.52. The van der Waals surface area contributed by atoms with Crippen LogP contribution in [-0.4, -0.2) is 20.8 Å².